The molecule has 1 N–H and O–H groups in total. The van der Waals surface area contributed by atoms with E-state index >= 15 is 0 Å². The Labute approximate surface area is 87.5 Å². The lowest BCUT2D eigenvalue weighted by molar-refractivity contribution is 0.0541. The first-order chi connectivity index (χ1) is 7.16. The van der Waals surface area contributed by atoms with Crippen LogP contribution in [0.1, 0.15) is 23.3 Å². The summed E-state index contributed by atoms with van der Waals surface area (Å²) < 4.78 is 1.51. The Balaban J connectivity index is 2.02. The number of carbonyl (C=O) groups is 1. The topological polar surface area (TPSA) is 71.2 Å². The van der Waals surface area contributed by atoms with Crippen molar-refractivity contribution in [2.75, 3.05) is 13.1 Å². The highest BCUT2D eigenvalue weighted by Crippen LogP contribution is 2.12. The second kappa shape index (κ2) is 3.98. The van der Waals surface area contributed by atoms with Crippen molar-refractivity contribution in [1.82, 2.24) is 19.9 Å². The SMILES string of the molecule is Cn1cc(C(=O)N2CCC(O)CC2)nn1. The van der Waals surface area contributed by atoms with E-state index in [2.05, 4.69) is 10.3 Å². The van der Waals surface area contributed by atoms with Gasteiger partial charge in [0.15, 0.2) is 5.69 Å². The first-order valence-corrected chi connectivity index (χ1v) is 5.00. The summed E-state index contributed by atoms with van der Waals surface area (Å²) in [7, 11) is 1.73. The van der Waals surface area contributed by atoms with Gasteiger partial charge in [-0.05, 0) is 12.8 Å². The average molecular weight is 210 g/mol. The van der Waals surface area contributed by atoms with E-state index in [1.165, 1.54) is 4.68 Å². The summed E-state index contributed by atoms with van der Waals surface area (Å²) in [5, 5.41) is 16.8. The summed E-state index contributed by atoms with van der Waals surface area (Å²) >= 11 is 0. The van der Waals surface area contributed by atoms with Gasteiger partial charge >= 0.3 is 0 Å². The van der Waals surface area contributed by atoms with E-state index in [1.54, 1.807) is 18.1 Å². The van der Waals surface area contributed by atoms with Crippen LogP contribution in [0.5, 0.6) is 0 Å². The third-order valence-electron chi connectivity index (χ3n) is 2.57. The van der Waals surface area contributed by atoms with Crippen molar-refractivity contribution in [3.05, 3.63) is 11.9 Å². The molecule has 1 aliphatic heterocycles. The molecule has 2 rings (SSSR count). The number of hydrogen-bond acceptors (Lipinski definition) is 4. The highest BCUT2D eigenvalue weighted by Gasteiger charge is 2.23. The van der Waals surface area contributed by atoms with Gasteiger partial charge in [-0.25, -0.2) is 0 Å². The maximum atomic E-state index is 11.8. The molecule has 2 heterocycles. The van der Waals surface area contributed by atoms with E-state index < -0.39 is 0 Å². The molecule has 1 fully saturated rings. The minimum atomic E-state index is -0.268. The predicted octanol–water partition coefficient (Wildman–Crippen LogP) is -0.588. The molecule has 15 heavy (non-hydrogen) atoms. The molecule has 0 aliphatic carbocycles. The van der Waals surface area contributed by atoms with Crippen molar-refractivity contribution in [3.8, 4) is 0 Å². The van der Waals surface area contributed by atoms with Gasteiger partial charge in [0.2, 0.25) is 0 Å². The van der Waals surface area contributed by atoms with Crippen molar-refractivity contribution in [2.24, 2.45) is 7.05 Å². The summed E-state index contributed by atoms with van der Waals surface area (Å²) in [6.45, 7) is 1.19. The van der Waals surface area contributed by atoms with Crippen molar-refractivity contribution in [1.29, 1.82) is 0 Å². The van der Waals surface area contributed by atoms with Gasteiger partial charge in [0.05, 0.1) is 12.3 Å². The van der Waals surface area contributed by atoms with E-state index in [0.29, 0.717) is 31.6 Å². The zero-order chi connectivity index (χ0) is 10.8. The molecule has 0 bridgehead atoms. The van der Waals surface area contributed by atoms with Crippen LogP contribution in [0, 0.1) is 0 Å². The number of carbonyl (C=O) groups excluding carboxylic acids is 1. The van der Waals surface area contributed by atoms with Crippen LogP contribution in [-0.4, -0.2) is 50.1 Å². The second-order valence-corrected chi connectivity index (χ2v) is 3.80. The van der Waals surface area contributed by atoms with Gasteiger partial charge in [-0.1, -0.05) is 5.21 Å². The Morgan fingerprint density at radius 2 is 2.20 bits per heavy atom. The van der Waals surface area contributed by atoms with Crippen LogP contribution in [0.2, 0.25) is 0 Å². The van der Waals surface area contributed by atoms with E-state index in [-0.39, 0.29) is 12.0 Å². The molecule has 1 saturated heterocycles. The minimum Gasteiger partial charge on any atom is -0.393 e. The van der Waals surface area contributed by atoms with Gasteiger partial charge in [0.1, 0.15) is 0 Å². The number of aliphatic hydroxyl groups is 1. The normalized spacial score (nSPS) is 18.1. The summed E-state index contributed by atoms with van der Waals surface area (Å²) in [4.78, 5) is 13.6. The molecular formula is C9H14N4O2. The number of aromatic nitrogens is 3. The lowest BCUT2D eigenvalue weighted by Crippen LogP contribution is -2.40. The number of aliphatic hydroxyl groups excluding tert-OH is 1. The number of piperidine rings is 1. The summed E-state index contributed by atoms with van der Waals surface area (Å²) in [6.07, 6.45) is 2.63. The summed E-state index contributed by atoms with van der Waals surface area (Å²) in [5.41, 5.74) is 0.369. The number of rotatable bonds is 1. The Morgan fingerprint density at radius 3 is 2.73 bits per heavy atom. The van der Waals surface area contributed by atoms with E-state index in [0.717, 1.165) is 0 Å². The fraction of sp³-hybridized carbons (Fsp3) is 0.667. The highest BCUT2D eigenvalue weighted by atomic mass is 16.3. The number of likely N-dealkylation sites (tertiary alicyclic amines) is 1. The Morgan fingerprint density at radius 1 is 1.53 bits per heavy atom. The summed E-state index contributed by atoms with van der Waals surface area (Å²) in [6, 6.07) is 0. The highest BCUT2D eigenvalue weighted by molar-refractivity contribution is 5.91. The molecule has 1 amide bonds. The van der Waals surface area contributed by atoms with Gasteiger partial charge in [0.25, 0.3) is 5.91 Å². The monoisotopic (exact) mass is 210 g/mol. The maximum Gasteiger partial charge on any atom is 0.276 e. The minimum absolute atomic E-state index is 0.102. The van der Waals surface area contributed by atoms with Gasteiger partial charge in [-0.3, -0.25) is 9.48 Å². The zero-order valence-electron chi connectivity index (χ0n) is 8.63. The molecule has 1 aromatic rings. The molecule has 6 nitrogen and oxygen atoms in total. The fourth-order valence-electron chi connectivity index (χ4n) is 1.68. The molecule has 0 spiro atoms. The molecule has 1 aliphatic rings. The van der Waals surface area contributed by atoms with Crippen LogP contribution in [0.3, 0.4) is 0 Å². The third-order valence-corrected chi connectivity index (χ3v) is 2.57. The molecule has 0 aromatic carbocycles. The van der Waals surface area contributed by atoms with Gasteiger partial charge in [-0.2, -0.15) is 0 Å². The number of amides is 1. The lowest BCUT2D eigenvalue weighted by Gasteiger charge is -2.28. The number of aryl methyl sites for hydroxylation is 1. The molecule has 0 unspecified atom stereocenters. The quantitative estimate of drug-likeness (QED) is 0.672. The first kappa shape index (κ1) is 10.1. The zero-order valence-corrected chi connectivity index (χ0v) is 8.63. The average Bonchev–Trinajstić information content (AvgIpc) is 2.65. The first-order valence-electron chi connectivity index (χ1n) is 5.00. The van der Waals surface area contributed by atoms with Crippen molar-refractivity contribution in [3.63, 3.8) is 0 Å². The predicted molar refractivity (Wildman–Crippen MR) is 52.1 cm³/mol. The van der Waals surface area contributed by atoms with Gasteiger partial charge < -0.3 is 10.0 Å². The van der Waals surface area contributed by atoms with E-state index in [4.69, 9.17) is 0 Å². The van der Waals surface area contributed by atoms with Crippen LogP contribution in [-0.2, 0) is 7.05 Å². The Kier molecular flexibility index (Phi) is 2.68. The molecule has 0 saturated carbocycles. The van der Waals surface area contributed by atoms with Gasteiger partial charge in [0, 0.05) is 20.1 Å². The van der Waals surface area contributed by atoms with Crippen molar-refractivity contribution >= 4 is 5.91 Å². The van der Waals surface area contributed by atoms with Crippen molar-refractivity contribution < 1.29 is 9.90 Å². The fourth-order valence-corrected chi connectivity index (χ4v) is 1.68. The smallest absolute Gasteiger partial charge is 0.276 e. The van der Waals surface area contributed by atoms with Crippen LogP contribution in [0.15, 0.2) is 6.20 Å². The van der Waals surface area contributed by atoms with Crippen LogP contribution in [0.4, 0.5) is 0 Å². The van der Waals surface area contributed by atoms with Crippen molar-refractivity contribution in [2.45, 2.75) is 18.9 Å². The third kappa shape index (κ3) is 2.15. The number of hydrogen-bond donors (Lipinski definition) is 1. The van der Waals surface area contributed by atoms with E-state index in [1.807, 2.05) is 0 Å². The van der Waals surface area contributed by atoms with Crippen LogP contribution >= 0.6 is 0 Å². The molecule has 0 radical (unpaired) electrons. The molecule has 6 heteroatoms. The van der Waals surface area contributed by atoms with Crippen LogP contribution < -0.4 is 0 Å². The molecular weight excluding hydrogens is 196 g/mol. The molecule has 0 atom stereocenters. The summed E-state index contributed by atoms with van der Waals surface area (Å²) in [5.74, 6) is -0.102. The Bertz CT molecular complexity index is 355. The number of nitrogens with zero attached hydrogens (tertiary/aromatic N) is 4. The molecule has 1 aromatic heterocycles. The maximum absolute atomic E-state index is 11.8. The standard InChI is InChI=1S/C9H14N4O2/c1-12-6-8(10-11-12)9(15)13-4-2-7(14)3-5-13/h6-7,14H,2-5H2,1H3. The largest absolute Gasteiger partial charge is 0.393 e. The second-order valence-electron chi connectivity index (χ2n) is 3.80. The molecule has 82 valence electrons. The van der Waals surface area contributed by atoms with E-state index in [9.17, 15) is 9.90 Å². The Hall–Kier alpha value is -1.43. The lowest BCUT2D eigenvalue weighted by atomic mass is 10.1. The van der Waals surface area contributed by atoms with Crippen LogP contribution in [0.25, 0.3) is 0 Å². The van der Waals surface area contributed by atoms with Gasteiger partial charge in [-0.15, -0.1) is 5.10 Å².